The van der Waals surface area contributed by atoms with Gasteiger partial charge in [-0.25, -0.2) is 12.7 Å². The molecule has 0 spiro atoms. The first-order valence-corrected chi connectivity index (χ1v) is 12.9. The normalized spacial score (nSPS) is 16.8. The van der Waals surface area contributed by atoms with Crippen LogP contribution in [0, 0.1) is 0 Å². The molecule has 1 aromatic heterocycles. The Kier molecular flexibility index (Phi) is 6.79. The first kappa shape index (κ1) is 22.7. The van der Waals surface area contributed by atoms with Gasteiger partial charge in [0.2, 0.25) is 10.0 Å². The Labute approximate surface area is 191 Å². The second-order valence-corrected chi connectivity index (χ2v) is 10.7. The highest BCUT2D eigenvalue weighted by molar-refractivity contribution is 7.89. The zero-order valence-electron chi connectivity index (χ0n) is 19.0. The average Bonchev–Trinajstić information content (AvgIpc) is 2.84. The van der Waals surface area contributed by atoms with Crippen LogP contribution in [-0.2, 0) is 10.0 Å². The van der Waals surface area contributed by atoms with Gasteiger partial charge in [-0.15, -0.1) is 0 Å². The number of aromatic nitrogens is 1. The summed E-state index contributed by atoms with van der Waals surface area (Å²) in [5, 5.41) is 9.22. The summed E-state index contributed by atoms with van der Waals surface area (Å²) in [6.45, 7) is 4.99. The molecule has 1 aliphatic rings. The highest BCUT2D eigenvalue weighted by atomic mass is 32.2. The molecule has 0 amide bonds. The Bertz CT molecular complexity index is 1190. The Morgan fingerprint density at radius 1 is 1.12 bits per heavy atom. The van der Waals surface area contributed by atoms with Crippen LogP contribution >= 0.6 is 0 Å². The molecule has 170 valence electrons. The van der Waals surface area contributed by atoms with Crippen LogP contribution in [0.1, 0.15) is 38.3 Å². The SMILES string of the molecule is CCS(=O)(=O)N1CCC(Nc2cc(-c3cccc(C(C)NC)c3)cc3ccncc23)CC1. The molecule has 6 nitrogen and oxygen atoms in total. The number of rotatable bonds is 7. The maximum absolute atomic E-state index is 12.2. The van der Waals surface area contributed by atoms with E-state index in [1.165, 1.54) is 11.1 Å². The maximum atomic E-state index is 12.2. The summed E-state index contributed by atoms with van der Waals surface area (Å²) in [7, 11) is -1.15. The molecule has 0 radical (unpaired) electrons. The lowest BCUT2D eigenvalue weighted by Gasteiger charge is -2.32. The van der Waals surface area contributed by atoms with Crippen LogP contribution in [0.25, 0.3) is 21.9 Å². The molecule has 2 heterocycles. The van der Waals surface area contributed by atoms with Crippen LogP contribution in [0.15, 0.2) is 54.9 Å². The van der Waals surface area contributed by atoms with Crippen LogP contribution in [0.4, 0.5) is 5.69 Å². The van der Waals surface area contributed by atoms with Crippen molar-refractivity contribution in [3.8, 4) is 11.1 Å². The third kappa shape index (κ3) is 4.80. The summed E-state index contributed by atoms with van der Waals surface area (Å²) in [6.07, 6.45) is 5.31. The van der Waals surface area contributed by atoms with Crippen LogP contribution in [0.5, 0.6) is 0 Å². The van der Waals surface area contributed by atoms with Crippen molar-refractivity contribution >= 4 is 26.5 Å². The number of fused-ring (bicyclic) bond motifs is 1. The number of hydrogen-bond acceptors (Lipinski definition) is 5. The second-order valence-electron chi connectivity index (χ2n) is 8.47. The first-order valence-electron chi connectivity index (χ1n) is 11.3. The van der Waals surface area contributed by atoms with Crippen molar-refractivity contribution in [3.05, 3.63) is 60.4 Å². The van der Waals surface area contributed by atoms with Gasteiger partial charge in [0.1, 0.15) is 0 Å². The number of nitrogens with one attached hydrogen (secondary N) is 2. The molecular weight excluding hydrogens is 420 g/mol. The van der Waals surface area contributed by atoms with Crippen molar-refractivity contribution in [1.29, 1.82) is 0 Å². The van der Waals surface area contributed by atoms with Gasteiger partial charge in [-0.05, 0) is 80.1 Å². The molecule has 0 aliphatic carbocycles. The van der Waals surface area contributed by atoms with Gasteiger partial charge in [-0.1, -0.05) is 18.2 Å². The summed E-state index contributed by atoms with van der Waals surface area (Å²) in [5.41, 5.74) is 4.63. The summed E-state index contributed by atoms with van der Waals surface area (Å²) < 4.78 is 26.0. The van der Waals surface area contributed by atoms with Crippen LogP contribution < -0.4 is 10.6 Å². The number of nitrogens with zero attached hydrogens (tertiary/aromatic N) is 2. The molecule has 3 aromatic rings. The molecule has 7 heteroatoms. The molecule has 2 N–H and O–H groups in total. The topological polar surface area (TPSA) is 74.3 Å². The lowest BCUT2D eigenvalue weighted by atomic mass is 9.97. The van der Waals surface area contributed by atoms with E-state index < -0.39 is 10.0 Å². The van der Waals surface area contributed by atoms with Gasteiger partial charge in [0, 0.05) is 48.6 Å². The van der Waals surface area contributed by atoms with Crippen LogP contribution in [0.2, 0.25) is 0 Å². The predicted octanol–water partition coefficient (Wildman–Crippen LogP) is 4.41. The standard InChI is InChI=1S/C25H32N4O2S/c1-4-32(30,31)29-12-9-23(10-13-29)28-25-16-22(15-21-8-11-27-17-24(21)25)20-7-5-6-19(14-20)18(2)26-3/h5-8,11,14-18,23,26,28H,4,9-10,12-13H2,1-3H3. The fourth-order valence-corrected chi connectivity index (χ4v) is 5.45. The number of piperidine rings is 1. The molecule has 4 rings (SSSR count). The minimum Gasteiger partial charge on any atom is -0.382 e. The van der Waals surface area contributed by atoms with E-state index in [4.69, 9.17) is 0 Å². The Morgan fingerprint density at radius 3 is 2.62 bits per heavy atom. The van der Waals surface area contributed by atoms with Gasteiger partial charge in [-0.3, -0.25) is 4.98 Å². The van der Waals surface area contributed by atoms with Crippen molar-refractivity contribution in [1.82, 2.24) is 14.6 Å². The van der Waals surface area contributed by atoms with E-state index in [9.17, 15) is 8.42 Å². The van der Waals surface area contributed by atoms with E-state index in [-0.39, 0.29) is 17.8 Å². The van der Waals surface area contributed by atoms with E-state index in [0.29, 0.717) is 13.1 Å². The van der Waals surface area contributed by atoms with E-state index in [0.717, 1.165) is 34.9 Å². The third-order valence-corrected chi connectivity index (χ3v) is 8.36. The molecule has 2 aromatic carbocycles. The van der Waals surface area contributed by atoms with Gasteiger partial charge < -0.3 is 10.6 Å². The van der Waals surface area contributed by atoms with E-state index >= 15 is 0 Å². The molecule has 1 atom stereocenters. The Morgan fingerprint density at radius 2 is 1.91 bits per heavy atom. The predicted molar refractivity (Wildman–Crippen MR) is 132 cm³/mol. The van der Waals surface area contributed by atoms with Crippen molar-refractivity contribution in [2.45, 2.75) is 38.8 Å². The quantitative estimate of drug-likeness (QED) is 0.556. The van der Waals surface area contributed by atoms with Gasteiger partial charge in [0.05, 0.1) is 5.75 Å². The zero-order valence-corrected chi connectivity index (χ0v) is 19.8. The highest BCUT2D eigenvalue weighted by Gasteiger charge is 2.27. The summed E-state index contributed by atoms with van der Waals surface area (Å²) in [6, 6.07) is 15.6. The minimum atomic E-state index is -3.12. The second kappa shape index (κ2) is 9.57. The molecule has 0 bridgehead atoms. The van der Waals surface area contributed by atoms with Gasteiger partial charge in [0.15, 0.2) is 0 Å². The van der Waals surface area contributed by atoms with Crippen LogP contribution in [-0.4, -0.2) is 49.6 Å². The lowest BCUT2D eigenvalue weighted by molar-refractivity contribution is 0.330. The smallest absolute Gasteiger partial charge is 0.213 e. The van der Waals surface area contributed by atoms with Gasteiger partial charge >= 0.3 is 0 Å². The largest absolute Gasteiger partial charge is 0.382 e. The van der Waals surface area contributed by atoms with Gasteiger partial charge in [0.25, 0.3) is 0 Å². The Balaban J connectivity index is 1.63. The van der Waals surface area contributed by atoms with Crippen molar-refractivity contribution in [3.63, 3.8) is 0 Å². The minimum absolute atomic E-state index is 0.161. The number of sulfonamides is 1. The first-order chi connectivity index (χ1) is 15.4. The fourth-order valence-electron chi connectivity index (χ4n) is 4.32. The molecule has 1 aliphatic heterocycles. The molecule has 1 saturated heterocycles. The highest BCUT2D eigenvalue weighted by Crippen LogP contribution is 2.33. The lowest BCUT2D eigenvalue weighted by Crippen LogP contribution is -2.42. The molecule has 0 saturated carbocycles. The van der Waals surface area contributed by atoms with Crippen molar-refractivity contribution in [2.24, 2.45) is 0 Å². The molecule has 32 heavy (non-hydrogen) atoms. The summed E-state index contributed by atoms with van der Waals surface area (Å²) >= 11 is 0. The van der Waals surface area contributed by atoms with Crippen LogP contribution in [0.3, 0.4) is 0 Å². The van der Waals surface area contributed by atoms with E-state index in [1.807, 2.05) is 25.5 Å². The molecule has 1 unspecified atom stereocenters. The number of hydrogen-bond donors (Lipinski definition) is 2. The molecular formula is C25H32N4O2S. The van der Waals surface area contributed by atoms with Crippen molar-refractivity contribution < 1.29 is 8.42 Å². The average molecular weight is 453 g/mol. The third-order valence-electron chi connectivity index (χ3n) is 6.48. The number of benzene rings is 2. The fraction of sp³-hybridized carbons (Fsp3) is 0.400. The van der Waals surface area contributed by atoms with E-state index in [2.05, 4.69) is 58.9 Å². The monoisotopic (exact) mass is 452 g/mol. The number of anilines is 1. The van der Waals surface area contributed by atoms with Crippen molar-refractivity contribution in [2.75, 3.05) is 31.2 Å². The van der Waals surface area contributed by atoms with E-state index in [1.54, 1.807) is 11.2 Å². The Hall–Kier alpha value is -2.48. The zero-order chi connectivity index (χ0) is 22.7. The van der Waals surface area contributed by atoms with Gasteiger partial charge in [-0.2, -0.15) is 0 Å². The summed E-state index contributed by atoms with van der Waals surface area (Å²) in [5.74, 6) is 0.161. The number of pyridine rings is 1. The molecule has 1 fully saturated rings. The maximum Gasteiger partial charge on any atom is 0.213 e. The summed E-state index contributed by atoms with van der Waals surface area (Å²) in [4.78, 5) is 4.34.